The minimum atomic E-state index is -3.94. The molecule has 0 radical (unpaired) electrons. The molecule has 1 aromatic carbocycles. The Morgan fingerprint density at radius 1 is 1.18 bits per heavy atom. The number of aromatic nitrogens is 2. The molecule has 1 aliphatic heterocycles. The van der Waals surface area contributed by atoms with Crippen LogP contribution >= 0.6 is 0 Å². The highest BCUT2D eigenvalue weighted by Crippen LogP contribution is 2.38. The molecule has 33 heavy (non-hydrogen) atoms. The molecule has 1 amide bonds. The molecule has 3 heterocycles. The summed E-state index contributed by atoms with van der Waals surface area (Å²) in [7, 11) is -3.94. The fourth-order valence-electron chi connectivity index (χ4n) is 4.07. The quantitative estimate of drug-likeness (QED) is 0.598. The summed E-state index contributed by atoms with van der Waals surface area (Å²) in [5, 5.41) is 0.629. The van der Waals surface area contributed by atoms with Crippen LogP contribution in [0.3, 0.4) is 0 Å². The second-order valence-electron chi connectivity index (χ2n) is 9.11. The number of anilines is 2. The minimum Gasteiger partial charge on any atom is -0.444 e. The summed E-state index contributed by atoms with van der Waals surface area (Å²) >= 11 is 0. The highest BCUT2D eigenvalue weighted by atomic mass is 32.2. The number of pyridine rings is 1. The van der Waals surface area contributed by atoms with Crippen LogP contribution in [-0.4, -0.2) is 54.1 Å². The number of nitrogen functional groups attached to an aromatic ring is 1. The molecule has 0 bridgehead atoms. The van der Waals surface area contributed by atoms with E-state index in [1.54, 1.807) is 47.5 Å². The van der Waals surface area contributed by atoms with Crippen molar-refractivity contribution in [2.75, 3.05) is 23.1 Å². The number of sulfonamides is 1. The van der Waals surface area contributed by atoms with Crippen LogP contribution in [0.15, 0.2) is 53.7 Å². The molecule has 3 aromatic rings. The summed E-state index contributed by atoms with van der Waals surface area (Å²) in [6, 6.07) is 9.69. The van der Waals surface area contributed by atoms with Gasteiger partial charge in [-0.05, 0) is 51.8 Å². The molecule has 0 saturated carbocycles. The fourth-order valence-corrected chi connectivity index (χ4v) is 5.85. The lowest BCUT2D eigenvalue weighted by molar-refractivity contribution is 0.0208. The Kier molecular flexibility index (Phi) is 5.96. The van der Waals surface area contributed by atoms with Crippen molar-refractivity contribution >= 4 is 38.5 Å². The largest absolute Gasteiger partial charge is 0.444 e. The van der Waals surface area contributed by atoms with Gasteiger partial charge in [0, 0.05) is 30.7 Å². The summed E-state index contributed by atoms with van der Waals surface area (Å²) in [4.78, 5) is 21.6. The van der Waals surface area contributed by atoms with Crippen molar-refractivity contribution in [3.63, 3.8) is 0 Å². The number of likely N-dealkylation sites (tertiary alicyclic amines) is 1. The number of carbonyl (C=O) groups is 1. The van der Waals surface area contributed by atoms with Crippen LogP contribution in [0.2, 0.25) is 0 Å². The van der Waals surface area contributed by atoms with E-state index in [-0.39, 0.29) is 10.6 Å². The third-order valence-corrected chi connectivity index (χ3v) is 7.42. The monoisotopic (exact) mass is 471 g/mol. The highest BCUT2D eigenvalue weighted by Gasteiger charge is 2.37. The third kappa shape index (κ3) is 4.61. The zero-order valence-corrected chi connectivity index (χ0v) is 19.8. The van der Waals surface area contributed by atoms with Crippen LogP contribution in [0.25, 0.3) is 11.0 Å². The van der Waals surface area contributed by atoms with Crippen molar-refractivity contribution in [2.24, 2.45) is 0 Å². The Labute approximate surface area is 193 Å². The molecule has 4 rings (SSSR count). The summed E-state index contributed by atoms with van der Waals surface area (Å²) < 4.78 is 34.7. The number of piperidine rings is 1. The zero-order chi connectivity index (χ0) is 23.8. The molecule has 0 atom stereocenters. The molecule has 10 heteroatoms. The molecule has 0 spiro atoms. The lowest BCUT2D eigenvalue weighted by Crippen LogP contribution is -2.50. The van der Waals surface area contributed by atoms with Crippen LogP contribution in [0.4, 0.5) is 16.2 Å². The third-order valence-electron chi connectivity index (χ3n) is 5.55. The Hall–Kier alpha value is -3.27. The van der Waals surface area contributed by atoms with Crippen molar-refractivity contribution in [3.05, 3.63) is 48.8 Å². The molecule has 1 aliphatic rings. The van der Waals surface area contributed by atoms with Gasteiger partial charge >= 0.3 is 6.09 Å². The topological polar surface area (TPSA) is 122 Å². The number of H-pyrrole nitrogens is 1. The van der Waals surface area contributed by atoms with Gasteiger partial charge in [0.2, 0.25) is 0 Å². The summed E-state index contributed by atoms with van der Waals surface area (Å²) in [5.41, 5.74) is 6.94. The number of aromatic amines is 1. The van der Waals surface area contributed by atoms with Crippen LogP contribution in [0.5, 0.6) is 0 Å². The second-order valence-corrected chi connectivity index (χ2v) is 10.9. The number of carbonyl (C=O) groups excluding carboxylic acids is 1. The SMILES string of the molecule is CC(C)(C)OC(=O)N1CCC(N(c2c(N)cnc3[nH]ccc23)S(=O)(=O)c2ccccc2)CC1. The van der Waals surface area contributed by atoms with Crippen LogP contribution in [0, 0.1) is 0 Å². The van der Waals surface area contributed by atoms with E-state index >= 15 is 0 Å². The van der Waals surface area contributed by atoms with Crippen molar-refractivity contribution in [1.82, 2.24) is 14.9 Å². The first kappa shape index (κ1) is 22.9. The number of benzene rings is 1. The van der Waals surface area contributed by atoms with E-state index in [9.17, 15) is 13.2 Å². The Morgan fingerprint density at radius 3 is 2.48 bits per heavy atom. The lowest BCUT2D eigenvalue weighted by atomic mass is 10.0. The number of rotatable bonds is 4. The summed E-state index contributed by atoms with van der Waals surface area (Å²) in [6.07, 6.45) is 3.67. The van der Waals surface area contributed by atoms with Gasteiger partial charge in [0.25, 0.3) is 10.0 Å². The van der Waals surface area contributed by atoms with Gasteiger partial charge in [0.1, 0.15) is 11.2 Å². The molecule has 1 fully saturated rings. The zero-order valence-electron chi connectivity index (χ0n) is 19.0. The van der Waals surface area contributed by atoms with Crippen LogP contribution < -0.4 is 10.0 Å². The molecule has 0 unspecified atom stereocenters. The molecular weight excluding hydrogens is 442 g/mol. The summed E-state index contributed by atoms with van der Waals surface area (Å²) in [5.74, 6) is 0. The van der Waals surface area contributed by atoms with E-state index in [0.717, 1.165) is 0 Å². The minimum absolute atomic E-state index is 0.180. The molecule has 0 aliphatic carbocycles. The van der Waals surface area contributed by atoms with E-state index in [0.29, 0.717) is 42.7 Å². The Bertz CT molecular complexity index is 1240. The van der Waals surface area contributed by atoms with Gasteiger partial charge in [-0.1, -0.05) is 18.2 Å². The van der Waals surface area contributed by atoms with Gasteiger partial charge in [0.05, 0.1) is 22.5 Å². The first-order chi connectivity index (χ1) is 15.6. The smallest absolute Gasteiger partial charge is 0.410 e. The number of hydrogen-bond donors (Lipinski definition) is 2. The molecule has 2 aromatic heterocycles. The first-order valence-corrected chi connectivity index (χ1v) is 12.3. The average Bonchev–Trinajstić information content (AvgIpc) is 3.24. The van der Waals surface area contributed by atoms with E-state index in [2.05, 4.69) is 9.97 Å². The standard InChI is InChI=1S/C23H29N5O4S/c1-23(2,3)32-22(29)27-13-10-16(11-14-27)28(33(30,31)17-7-5-4-6-8-17)20-18-9-12-25-21(18)26-15-19(20)24/h4-9,12,15-16H,10-11,13-14,24H2,1-3H3,(H,25,26). The summed E-state index contributed by atoms with van der Waals surface area (Å²) in [6.45, 7) is 6.21. The Morgan fingerprint density at radius 2 is 1.85 bits per heavy atom. The van der Waals surface area contributed by atoms with Crippen LogP contribution in [0.1, 0.15) is 33.6 Å². The fraction of sp³-hybridized carbons (Fsp3) is 0.391. The molecule has 1 saturated heterocycles. The van der Waals surface area contributed by atoms with Gasteiger partial charge in [-0.2, -0.15) is 0 Å². The van der Waals surface area contributed by atoms with Crippen molar-refractivity contribution in [2.45, 2.75) is 50.2 Å². The number of amides is 1. The van der Waals surface area contributed by atoms with Gasteiger partial charge in [-0.3, -0.25) is 4.31 Å². The number of ether oxygens (including phenoxy) is 1. The Balaban J connectivity index is 1.72. The molecule has 3 N–H and O–H groups in total. The second kappa shape index (κ2) is 8.58. The normalized spacial score (nSPS) is 15.5. The number of fused-ring (bicyclic) bond motifs is 1. The van der Waals surface area contributed by atoms with Crippen molar-refractivity contribution in [1.29, 1.82) is 0 Å². The van der Waals surface area contributed by atoms with Gasteiger partial charge in [0.15, 0.2) is 0 Å². The maximum Gasteiger partial charge on any atom is 0.410 e. The number of nitrogens with two attached hydrogens (primary N) is 1. The number of nitrogens with zero attached hydrogens (tertiary/aromatic N) is 3. The molecule has 176 valence electrons. The number of hydrogen-bond acceptors (Lipinski definition) is 6. The molecule has 9 nitrogen and oxygen atoms in total. The first-order valence-electron chi connectivity index (χ1n) is 10.9. The predicted octanol–water partition coefficient (Wildman–Crippen LogP) is 3.74. The number of nitrogens with one attached hydrogen (secondary N) is 1. The van der Waals surface area contributed by atoms with Gasteiger partial charge < -0.3 is 20.4 Å². The average molecular weight is 472 g/mol. The molecular formula is C23H29N5O4S. The van der Waals surface area contributed by atoms with Gasteiger partial charge in [-0.25, -0.2) is 18.2 Å². The van der Waals surface area contributed by atoms with Crippen molar-refractivity contribution < 1.29 is 17.9 Å². The highest BCUT2D eigenvalue weighted by molar-refractivity contribution is 7.93. The predicted molar refractivity (Wildman–Crippen MR) is 127 cm³/mol. The van der Waals surface area contributed by atoms with E-state index in [1.807, 2.05) is 20.8 Å². The lowest BCUT2D eigenvalue weighted by Gasteiger charge is -2.39. The van der Waals surface area contributed by atoms with Crippen LogP contribution in [-0.2, 0) is 14.8 Å². The van der Waals surface area contributed by atoms with E-state index in [1.165, 1.54) is 10.5 Å². The van der Waals surface area contributed by atoms with Crippen molar-refractivity contribution in [3.8, 4) is 0 Å². The maximum atomic E-state index is 13.9. The van der Waals surface area contributed by atoms with E-state index < -0.39 is 27.8 Å². The maximum absolute atomic E-state index is 13.9. The van der Waals surface area contributed by atoms with Gasteiger partial charge in [-0.15, -0.1) is 0 Å². The van der Waals surface area contributed by atoms with E-state index in [4.69, 9.17) is 10.5 Å².